The smallest absolute Gasteiger partial charge is 0.120 e. The van der Waals surface area contributed by atoms with Gasteiger partial charge < -0.3 is 10.5 Å². The van der Waals surface area contributed by atoms with Crippen molar-refractivity contribution in [3.05, 3.63) is 28.2 Å². The van der Waals surface area contributed by atoms with Crippen LogP contribution in [-0.4, -0.2) is 6.10 Å². The first-order valence-electron chi connectivity index (χ1n) is 7.19. The summed E-state index contributed by atoms with van der Waals surface area (Å²) in [6.45, 7) is 6.66. The number of benzene rings is 1. The van der Waals surface area contributed by atoms with Crippen molar-refractivity contribution in [1.29, 1.82) is 0 Å². The zero-order valence-electron chi connectivity index (χ0n) is 12.0. The summed E-state index contributed by atoms with van der Waals surface area (Å²) in [7, 11) is 0. The molecule has 0 aliphatic heterocycles. The molecule has 1 aromatic rings. The lowest BCUT2D eigenvalue weighted by molar-refractivity contribution is 0.101. The third kappa shape index (κ3) is 3.73. The highest BCUT2D eigenvalue weighted by atomic mass is 79.9. The lowest BCUT2D eigenvalue weighted by Crippen LogP contribution is -2.28. The van der Waals surface area contributed by atoms with Crippen LogP contribution in [0.2, 0.25) is 0 Å². The molecule has 0 amide bonds. The van der Waals surface area contributed by atoms with Gasteiger partial charge in [-0.3, -0.25) is 0 Å². The van der Waals surface area contributed by atoms with Crippen LogP contribution >= 0.6 is 15.9 Å². The van der Waals surface area contributed by atoms with Crippen molar-refractivity contribution in [1.82, 2.24) is 0 Å². The van der Waals surface area contributed by atoms with Gasteiger partial charge in [-0.2, -0.15) is 0 Å². The fourth-order valence-corrected chi connectivity index (χ4v) is 3.47. The van der Waals surface area contributed by atoms with Gasteiger partial charge in [-0.15, -0.1) is 0 Å². The van der Waals surface area contributed by atoms with Crippen LogP contribution in [0.3, 0.4) is 0 Å². The summed E-state index contributed by atoms with van der Waals surface area (Å²) in [6, 6.07) is 6.17. The Bertz CT molecular complexity index is 433. The van der Waals surface area contributed by atoms with Gasteiger partial charge >= 0.3 is 0 Å². The van der Waals surface area contributed by atoms with Crippen molar-refractivity contribution >= 4 is 15.9 Å². The molecule has 0 saturated heterocycles. The van der Waals surface area contributed by atoms with Crippen LogP contribution in [0.5, 0.6) is 5.75 Å². The molecule has 2 nitrogen and oxygen atoms in total. The minimum Gasteiger partial charge on any atom is -0.490 e. The molecule has 1 aliphatic rings. The molecule has 3 heteroatoms. The first-order valence-corrected chi connectivity index (χ1v) is 7.98. The number of ether oxygens (including phenoxy) is 1. The van der Waals surface area contributed by atoms with Gasteiger partial charge in [0, 0.05) is 10.5 Å². The summed E-state index contributed by atoms with van der Waals surface area (Å²) in [6.07, 6.45) is 3.95. The minimum absolute atomic E-state index is 0.0407. The Morgan fingerprint density at radius 2 is 2.00 bits per heavy atom. The summed E-state index contributed by atoms with van der Waals surface area (Å²) in [4.78, 5) is 0. The summed E-state index contributed by atoms with van der Waals surface area (Å²) in [5.74, 6) is 2.53. The molecule has 0 spiro atoms. The lowest BCUT2D eigenvalue weighted by atomic mass is 9.80. The second kappa shape index (κ2) is 6.27. The highest BCUT2D eigenvalue weighted by Gasteiger charge is 2.25. The molecule has 1 saturated carbocycles. The molecule has 0 radical (unpaired) electrons. The Labute approximate surface area is 124 Å². The summed E-state index contributed by atoms with van der Waals surface area (Å²) in [5, 5.41) is 0. The largest absolute Gasteiger partial charge is 0.490 e. The van der Waals surface area contributed by atoms with Crippen molar-refractivity contribution in [3.63, 3.8) is 0 Å². The molecule has 2 rings (SSSR count). The van der Waals surface area contributed by atoms with Gasteiger partial charge in [-0.1, -0.05) is 35.8 Å². The van der Waals surface area contributed by atoms with E-state index in [4.69, 9.17) is 10.5 Å². The molecule has 0 bridgehead atoms. The van der Waals surface area contributed by atoms with Crippen molar-refractivity contribution in [2.75, 3.05) is 0 Å². The Kier molecular flexibility index (Phi) is 4.91. The van der Waals surface area contributed by atoms with E-state index in [-0.39, 0.29) is 6.04 Å². The maximum atomic E-state index is 6.12. The predicted octanol–water partition coefficient (Wildman–Crippen LogP) is 4.67. The summed E-state index contributed by atoms with van der Waals surface area (Å²) in [5.41, 5.74) is 7.03. The highest BCUT2D eigenvalue weighted by molar-refractivity contribution is 9.10. The highest BCUT2D eigenvalue weighted by Crippen LogP contribution is 2.33. The number of halogens is 1. The van der Waals surface area contributed by atoms with E-state index in [1.165, 1.54) is 6.42 Å². The third-order valence-corrected chi connectivity index (χ3v) is 5.00. The van der Waals surface area contributed by atoms with E-state index in [1.54, 1.807) is 0 Å². The molecule has 0 aromatic heterocycles. The van der Waals surface area contributed by atoms with Gasteiger partial charge in [-0.25, -0.2) is 0 Å². The van der Waals surface area contributed by atoms with Crippen molar-refractivity contribution in [2.24, 2.45) is 17.6 Å². The Hall–Kier alpha value is -0.540. The van der Waals surface area contributed by atoms with Crippen LogP contribution in [0.15, 0.2) is 22.7 Å². The molecular weight excluding hydrogens is 302 g/mol. The van der Waals surface area contributed by atoms with Crippen LogP contribution in [0.1, 0.15) is 51.6 Å². The second-order valence-corrected chi connectivity index (χ2v) is 6.83. The van der Waals surface area contributed by atoms with Crippen LogP contribution < -0.4 is 10.5 Å². The van der Waals surface area contributed by atoms with Gasteiger partial charge in [0.15, 0.2) is 0 Å². The fraction of sp³-hybridized carbons (Fsp3) is 0.625. The van der Waals surface area contributed by atoms with Crippen molar-refractivity contribution in [2.45, 2.75) is 52.2 Å². The van der Waals surface area contributed by atoms with Crippen molar-refractivity contribution in [3.8, 4) is 5.75 Å². The average molecular weight is 326 g/mol. The zero-order chi connectivity index (χ0) is 14.0. The predicted molar refractivity (Wildman–Crippen MR) is 83.3 cm³/mol. The summed E-state index contributed by atoms with van der Waals surface area (Å²) >= 11 is 3.57. The molecule has 0 heterocycles. The normalized spacial score (nSPS) is 29.0. The van der Waals surface area contributed by atoms with Crippen molar-refractivity contribution < 1.29 is 4.74 Å². The third-order valence-electron chi connectivity index (χ3n) is 4.32. The standard InChI is InChI=1S/C16H24BrNO/c1-10-4-5-13(8-11(10)2)19-14-6-7-15(12(3)18)16(17)9-14/h6-7,9-13H,4-5,8,18H2,1-3H3/t10?,11?,12-,13?/m0/s1. The zero-order valence-corrected chi connectivity index (χ0v) is 13.6. The van der Waals surface area contributed by atoms with Gasteiger partial charge in [0.25, 0.3) is 0 Å². The fourth-order valence-electron chi connectivity index (χ4n) is 2.75. The SMILES string of the molecule is CC1CCC(Oc2ccc([C@H](C)N)c(Br)c2)CC1C. The number of hydrogen-bond donors (Lipinski definition) is 1. The lowest BCUT2D eigenvalue weighted by Gasteiger charge is -2.32. The Morgan fingerprint density at radius 1 is 1.26 bits per heavy atom. The summed E-state index contributed by atoms with van der Waals surface area (Å²) < 4.78 is 7.16. The first-order chi connectivity index (χ1) is 8.97. The molecule has 106 valence electrons. The van der Waals surface area contributed by atoms with E-state index in [2.05, 4.69) is 35.8 Å². The molecule has 1 aromatic carbocycles. The van der Waals surface area contributed by atoms with E-state index >= 15 is 0 Å². The number of rotatable bonds is 3. The second-order valence-electron chi connectivity index (χ2n) is 5.98. The minimum atomic E-state index is 0.0407. The van der Waals surface area contributed by atoms with Gasteiger partial charge in [-0.05, 0) is 55.7 Å². The van der Waals surface area contributed by atoms with E-state index < -0.39 is 0 Å². The van der Waals surface area contributed by atoms with Gasteiger partial charge in [0.05, 0.1) is 6.10 Å². The maximum absolute atomic E-state index is 6.12. The molecule has 4 atom stereocenters. The molecule has 1 aliphatic carbocycles. The van der Waals surface area contributed by atoms with E-state index in [0.717, 1.165) is 40.5 Å². The van der Waals surface area contributed by atoms with E-state index in [9.17, 15) is 0 Å². The molecular formula is C16H24BrNO. The molecule has 3 unspecified atom stereocenters. The van der Waals surface area contributed by atoms with Crippen LogP contribution in [0.4, 0.5) is 0 Å². The number of hydrogen-bond acceptors (Lipinski definition) is 2. The van der Waals surface area contributed by atoms with E-state index in [0.29, 0.717) is 6.10 Å². The molecule has 19 heavy (non-hydrogen) atoms. The number of nitrogens with two attached hydrogens (primary N) is 1. The van der Waals surface area contributed by atoms with Crippen LogP contribution in [-0.2, 0) is 0 Å². The first kappa shape index (κ1) is 14.9. The average Bonchev–Trinajstić information content (AvgIpc) is 2.33. The Balaban J connectivity index is 2.02. The van der Waals surface area contributed by atoms with Gasteiger partial charge in [0.2, 0.25) is 0 Å². The quantitative estimate of drug-likeness (QED) is 0.876. The molecule has 1 fully saturated rings. The maximum Gasteiger partial charge on any atom is 0.120 e. The Morgan fingerprint density at radius 3 is 2.58 bits per heavy atom. The van der Waals surface area contributed by atoms with Crippen LogP contribution in [0.25, 0.3) is 0 Å². The molecule has 2 N–H and O–H groups in total. The topological polar surface area (TPSA) is 35.2 Å². The van der Waals surface area contributed by atoms with Crippen LogP contribution in [0, 0.1) is 11.8 Å². The monoisotopic (exact) mass is 325 g/mol. The van der Waals surface area contributed by atoms with E-state index in [1.807, 2.05) is 19.1 Å². The van der Waals surface area contributed by atoms with Gasteiger partial charge in [0.1, 0.15) is 5.75 Å².